The van der Waals surface area contributed by atoms with Gasteiger partial charge in [0.2, 0.25) is 0 Å². The zero-order valence-corrected chi connectivity index (χ0v) is 21.6. The van der Waals surface area contributed by atoms with Crippen molar-refractivity contribution in [2.24, 2.45) is 0 Å². The number of Topliss-reactive ketones (excluding diaryl/α,β-unsaturated/α-hetero) is 2. The molecule has 0 atom stereocenters. The molecule has 1 aromatic carbocycles. The van der Waals surface area contributed by atoms with Crippen molar-refractivity contribution in [2.75, 3.05) is 19.6 Å². The molecule has 0 bridgehead atoms. The molecule has 1 saturated heterocycles. The minimum absolute atomic E-state index is 0.101. The second kappa shape index (κ2) is 9.35. The smallest absolute Gasteiger partial charge is 0.320 e. The van der Waals surface area contributed by atoms with Gasteiger partial charge in [0.25, 0.3) is 6.43 Å². The number of hydrogen-bond acceptors (Lipinski definition) is 5. The van der Waals surface area contributed by atoms with Crippen LogP contribution in [-0.4, -0.2) is 66.2 Å². The second-order valence-electron chi connectivity index (χ2n) is 10.5. The van der Waals surface area contributed by atoms with Crippen LogP contribution in [0.25, 0.3) is 27.7 Å². The van der Waals surface area contributed by atoms with Crippen LogP contribution in [0.15, 0.2) is 42.7 Å². The van der Waals surface area contributed by atoms with Crippen LogP contribution in [-0.2, 0) is 22.7 Å². The number of carbonyl (C=O) groups excluding carboxylic acids is 3. The van der Waals surface area contributed by atoms with Gasteiger partial charge in [0.15, 0.2) is 11.6 Å². The number of urea groups is 1. The van der Waals surface area contributed by atoms with Crippen molar-refractivity contribution in [3.05, 3.63) is 65.2 Å². The molecule has 7 rings (SSSR count). The van der Waals surface area contributed by atoms with E-state index in [1.165, 1.54) is 12.1 Å². The zero-order chi connectivity index (χ0) is 27.5. The number of nitrogens with zero attached hydrogens (tertiary/aromatic N) is 6. The van der Waals surface area contributed by atoms with E-state index in [0.29, 0.717) is 54.0 Å². The van der Waals surface area contributed by atoms with Gasteiger partial charge in [-0.2, -0.15) is 5.10 Å². The number of carbonyl (C=O) groups is 3. The average Bonchev–Trinajstić information content (AvgIpc) is 3.58. The highest BCUT2D eigenvalue weighted by Crippen LogP contribution is 2.40. The summed E-state index contributed by atoms with van der Waals surface area (Å²) in [7, 11) is 0. The number of rotatable bonds is 3. The topological polar surface area (TPSA) is 92.8 Å². The number of fused-ring (bicyclic) bond motifs is 1. The van der Waals surface area contributed by atoms with E-state index in [0.717, 1.165) is 19.3 Å². The van der Waals surface area contributed by atoms with Crippen molar-refractivity contribution >= 4 is 45.3 Å². The number of amides is 2. The summed E-state index contributed by atoms with van der Waals surface area (Å²) in [5, 5.41) is 5.13. The maximum atomic E-state index is 14.1. The lowest BCUT2D eigenvalue weighted by Gasteiger charge is -2.32. The fraction of sp³-hybridized carbons (Fsp3) is 0.345. The molecular weight excluding hydrogens is 518 g/mol. The van der Waals surface area contributed by atoms with Gasteiger partial charge in [0, 0.05) is 43.3 Å². The fourth-order valence-corrected chi connectivity index (χ4v) is 6.21. The molecular formula is C29H26F2N6O3. The lowest BCUT2D eigenvalue weighted by Crippen LogP contribution is -2.45. The zero-order valence-electron chi connectivity index (χ0n) is 21.6. The molecule has 0 radical (unpaired) electrons. The molecule has 9 nitrogen and oxygen atoms in total. The average molecular weight is 545 g/mol. The molecule has 0 unspecified atom stereocenters. The third kappa shape index (κ3) is 3.82. The highest BCUT2D eigenvalue weighted by atomic mass is 19.3. The van der Waals surface area contributed by atoms with Gasteiger partial charge in [-0.25, -0.2) is 18.6 Å². The summed E-state index contributed by atoms with van der Waals surface area (Å²) >= 11 is 0. The van der Waals surface area contributed by atoms with Crippen LogP contribution >= 0.6 is 0 Å². The molecule has 11 heteroatoms. The second-order valence-corrected chi connectivity index (χ2v) is 10.5. The molecule has 3 aromatic heterocycles. The molecule has 1 fully saturated rings. The number of alkyl halides is 2. The first kappa shape index (κ1) is 24.6. The first-order valence-electron chi connectivity index (χ1n) is 13.5. The predicted octanol–water partition coefficient (Wildman–Crippen LogP) is 4.50. The summed E-state index contributed by atoms with van der Waals surface area (Å²) in [4.78, 5) is 47.7. The molecule has 2 amide bonds. The molecule has 40 heavy (non-hydrogen) atoms. The van der Waals surface area contributed by atoms with E-state index >= 15 is 0 Å². The van der Waals surface area contributed by atoms with E-state index in [1.54, 1.807) is 38.5 Å². The minimum atomic E-state index is -2.76. The SMILES string of the molecule is O=C1CC(=O)C(c2cnc3ccccn23)=C1c1nn2c3c(cc(C(F)F)cc13)CN(C(=O)N1CCCCC1)CC2. The molecule has 204 valence electrons. The standard InChI is InChI=1S/C29H26F2N6O3/c30-28(31)17-12-18-16-35(29(40)34-7-3-1-4-8-34)10-11-37-27(18)19(13-17)26(33-37)25-22(39)14-21(38)24(25)20-15-32-23-6-2-5-9-36(20)23/h2,5-6,9,12-13,15,28H,1,3-4,7-8,10-11,14,16H2. The summed E-state index contributed by atoms with van der Waals surface area (Å²) in [5.74, 6) is -0.760. The van der Waals surface area contributed by atoms with Crippen molar-refractivity contribution < 1.29 is 23.2 Å². The Bertz CT molecular complexity index is 1750. The summed E-state index contributed by atoms with van der Waals surface area (Å²) < 4.78 is 31.7. The van der Waals surface area contributed by atoms with Gasteiger partial charge >= 0.3 is 6.03 Å². The monoisotopic (exact) mass is 544 g/mol. The van der Waals surface area contributed by atoms with E-state index in [2.05, 4.69) is 4.98 Å². The quantitative estimate of drug-likeness (QED) is 0.354. The molecule has 0 N–H and O–H groups in total. The number of imidazole rings is 1. The highest BCUT2D eigenvalue weighted by molar-refractivity contribution is 6.51. The number of allylic oxidation sites excluding steroid dienone is 2. The van der Waals surface area contributed by atoms with Crippen molar-refractivity contribution in [3.8, 4) is 0 Å². The lowest BCUT2D eigenvalue weighted by molar-refractivity contribution is -0.119. The van der Waals surface area contributed by atoms with E-state index in [-0.39, 0.29) is 47.2 Å². The molecule has 5 heterocycles. The number of aromatic nitrogens is 4. The Morgan fingerprint density at radius 3 is 2.52 bits per heavy atom. The van der Waals surface area contributed by atoms with Crippen LogP contribution in [0.3, 0.4) is 0 Å². The van der Waals surface area contributed by atoms with Crippen LogP contribution in [0.1, 0.15) is 54.6 Å². The van der Waals surface area contributed by atoms with Gasteiger partial charge in [-0.1, -0.05) is 6.07 Å². The van der Waals surface area contributed by atoms with Gasteiger partial charge in [-0.3, -0.25) is 18.7 Å². The molecule has 2 aliphatic heterocycles. The van der Waals surface area contributed by atoms with Crippen molar-refractivity contribution in [3.63, 3.8) is 0 Å². The summed E-state index contributed by atoms with van der Waals surface area (Å²) in [6.45, 7) is 2.21. The van der Waals surface area contributed by atoms with Gasteiger partial charge in [-0.15, -0.1) is 0 Å². The van der Waals surface area contributed by atoms with Crippen molar-refractivity contribution in [2.45, 2.75) is 45.2 Å². The number of pyridine rings is 1. The van der Waals surface area contributed by atoms with E-state index in [4.69, 9.17) is 5.10 Å². The van der Waals surface area contributed by atoms with Crippen molar-refractivity contribution in [1.29, 1.82) is 0 Å². The largest absolute Gasteiger partial charge is 0.325 e. The Labute approximate surface area is 227 Å². The number of hydrogen-bond donors (Lipinski definition) is 0. The number of likely N-dealkylation sites (tertiary alicyclic amines) is 1. The third-order valence-corrected chi connectivity index (χ3v) is 8.08. The Balaban J connectivity index is 1.40. The summed E-state index contributed by atoms with van der Waals surface area (Å²) in [6, 6.07) is 8.10. The molecule has 0 spiro atoms. The number of halogens is 2. The maximum absolute atomic E-state index is 14.1. The van der Waals surface area contributed by atoms with Crippen LogP contribution in [0.5, 0.6) is 0 Å². The summed E-state index contributed by atoms with van der Waals surface area (Å²) in [6.07, 6.45) is 3.21. The van der Waals surface area contributed by atoms with E-state index in [9.17, 15) is 23.2 Å². The normalized spacial score (nSPS) is 18.1. The van der Waals surface area contributed by atoms with E-state index in [1.807, 2.05) is 11.0 Å². The lowest BCUT2D eigenvalue weighted by atomic mass is 9.98. The first-order chi connectivity index (χ1) is 19.4. The minimum Gasteiger partial charge on any atom is -0.325 e. The number of piperidine rings is 1. The van der Waals surface area contributed by atoms with Crippen molar-refractivity contribution in [1.82, 2.24) is 29.0 Å². The molecule has 0 saturated carbocycles. The Morgan fingerprint density at radius 2 is 1.73 bits per heavy atom. The van der Waals surface area contributed by atoms with E-state index < -0.39 is 12.2 Å². The molecule has 1 aliphatic carbocycles. The molecule has 3 aliphatic rings. The van der Waals surface area contributed by atoms with Gasteiger partial charge in [0.1, 0.15) is 11.3 Å². The fourth-order valence-electron chi connectivity index (χ4n) is 6.21. The summed E-state index contributed by atoms with van der Waals surface area (Å²) in [5.41, 5.74) is 2.53. The first-order valence-corrected chi connectivity index (χ1v) is 13.5. The number of benzene rings is 1. The Morgan fingerprint density at radius 1 is 0.925 bits per heavy atom. The highest BCUT2D eigenvalue weighted by Gasteiger charge is 2.37. The third-order valence-electron chi connectivity index (χ3n) is 8.08. The van der Waals surface area contributed by atoms with Crippen LogP contribution in [0.4, 0.5) is 13.6 Å². The number of ketones is 2. The Kier molecular flexibility index (Phi) is 5.76. The van der Waals surface area contributed by atoms with Crippen LogP contribution < -0.4 is 0 Å². The van der Waals surface area contributed by atoms with Gasteiger partial charge in [0.05, 0.1) is 41.5 Å². The maximum Gasteiger partial charge on any atom is 0.320 e. The van der Waals surface area contributed by atoms with Crippen LogP contribution in [0, 0.1) is 0 Å². The predicted molar refractivity (Wildman–Crippen MR) is 143 cm³/mol. The van der Waals surface area contributed by atoms with Gasteiger partial charge < -0.3 is 9.80 Å². The Hall–Kier alpha value is -4.41. The van der Waals surface area contributed by atoms with Gasteiger partial charge in [-0.05, 0) is 49.1 Å². The van der Waals surface area contributed by atoms with Crippen LogP contribution in [0.2, 0.25) is 0 Å². The molecule has 4 aromatic rings.